The Morgan fingerprint density at radius 1 is 1.04 bits per heavy atom. The molecule has 6 heteroatoms. The lowest BCUT2D eigenvalue weighted by Gasteiger charge is -2.28. The summed E-state index contributed by atoms with van der Waals surface area (Å²) in [5, 5.41) is 20.2. The van der Waals surface area contributed by atoms with Crippen molar-refractivity contribution in [3.8, 4) is 6.07 Å². The van der Waals surface area contributed by atoms with Crippen molar-refractivity contribution in [3.63, 3.8) is 0 Å². The lowest BCUT2D eigenvalue weighted by atomic mass is 10.00. The molecule has 4 rings (SSSR count). The first-order valence-electron chi connectivity index (χ1n) is 8.70. The van der Waals surface area contributed by atoms with Crippen LogP contribution in [0.2, 0.25) is 0 Å². The van der Waals surface area contributed by atoms with Crippen LogP contribution in [0.3, 0.4) is 0 Å². The van der Waals surface area contributed by atoms with Crippen LogP contribution in [0, 0.1) is 11.3 Å². The van der Waals surface area contributed by atoms with E-state index in [0.717, 1.165) is 12.1 Å². The van der Waals surface area contributed by atoms with Crippen molar-refractivity contribution in [1.82, 2.24) is 15.1 Å². The van der Waals surface area contributed by atoms with Gasteiger partial charge in [0.25, 0.3) is 5.91 Å². The molecule has 0 bridgehead atoms. The van der Waals surface area contributed by atoms with E-state index in [1.165, 1.54) is 11.1 Å². The number of nitrogens with one attached hydrogen (secondary N) is 1. The number of nitrogens with zero attached hydrogens (tertiary/aromatic N) is 4. The molecule has 2 aromatic carbocycles. The molecule has 0 aliphatic carbocycles. The number of rotatable bonds is 3. The van der Waals surface area contributed by atoms with E-state index in [0.29, 0.717) is 30.2 Å². The number of carbonyl (C=O) groups is 1. The van der Waals surface area contributed by atoms with Crippen molar-refractivity contribution < 1.29 is 4.79 Å². The SMILES string of the molecule is N#Cc1cccc(Nc2ccc(C(=O)N3CCc4ccccc4C3)nn2)c1. The lowest BCUT2D eigenvalue weighted by Crippen LogP contribution is -2.36. The van der Waals surface area contributed by atoms with Crippen LogP contribution in [0.1, 0.15) is 27.2 Å². The average Bonchev–Trinajstić information content (AvgIpc) is 2.73. The third kappa shape index (κ3) is 3.62. The lowest BCUT2D eigenvalue weighted by molar-refractivity contribution is 0.0727. The molecule has 3 aromatic rings. The zero-order chi connectivity index (χ0) is 18.6. The fraction of sp³-hybridized carbons (Fsp3) is 0.143. The van der Waals surface area contributed by atoms with Crippen LogP contribution in [-0.2, 0) is 13.0 Å². The van der Waals surface area contributed by atoms with Gasteiger partial charge in [0.05, 0.1) is 11.6 Å². The summed E-state index contributed by atoms with van der Waals surface area (Å²) in [5.74, 6) is 0.403. The molecule has 6 nitrogen and oxygen atoms in total. The molecule has 0 unspecified atom stereocenters. The Bertz CT molecular complexity index is 1020. The maximum atomic E-state index is 12.7. The number of hydrogen-bond donors (Lipinski definition) is 1. The molecule has 1 amide bonds. The molecule has 132 valence electrons. The normalized spacial score (nSPS) is 12.8. The zero-order valence-corrected chi connectivity index (χ0v) is 14.6. The second-order valence-electron chi connectivity index (χ2n) is 6.37. The monoisotopic (exact) mass is 355 g/mol. The van der Waals surface area contributed by atoms with Gasteiger partial charge in [-0.05, 0) is 47.9 Å². The molecule has 0 atom stereocenters. The van der Waals surface area contributed by atoms with Gasteiger partial charge in [-0.3, -0.25) is 4.79 Å². The highest BCUT2D eigenvalue weighted by molar-refractivity contribution is 5.92. The summed E-state index contributed by atoms with van der Waals surface area (Å²) in [5.41, 5.74) is 4.11. The van der Waals surface area contributed by atoms with Crippen molar-refractivity contribution in [2.45, 2.75) is 13.0 Å². The van der Waals surface area contributed by atoms with Crippen LogP contribution in [0.25, 0.3) is 0 Å². The second-order valence-corrected chi connectivity index (χ2v) is 6.37. The number of aromatic nitrogens is 2. The van der Waals surface area contributed by atoms with E-state index in [4.69, 9.17) is 5.26 Å². The highest BCUT2D eigenvalue weighted by atomic mass is 16.2. The van der Waals surface area contributed by atoms with Gasteiger partial charge in [0.2, 0.25) is 0 Å². The van der Waals surface area contributed by atoms with E-state index in [-0.39, 0.29) is 5.91 Å². The maximum absolute atomic E-state index is 12.7. The molecule has 0 spiro atoms. The van der Waals surface area contributed by atoms with Gasteiger partial charge in [-0.2, -0.15) is 5.26 Å². The number of carbonyl (C=O) groups excluding carboxylic acids is 1. The molecule has 1 aliphatic rings. The predicted octanol–water partition coefficient (Wildman–Crippen LogP) is 3.29. The number of hydrogen-bond acceptors (Lipinski definition) is 5. The average molecular weight is 355 g/mol. The van der Waals surface area contributed by atoms with Gasteiger partial charge < -0.3 is 10.2 Å². The molecular formula is C21H17N5O. The standard InChI is InChI=1S/C21H17N5O/c22-13-15-4-3-7-18(12-15)23-20-9-8-19(24-25-20)21(27)26-11-10-16-5-1-2-6-17(16)14-26/h1-9,12H,10-11,14H2,(H,23,25). The molecule has 27 heavy (non-hydrogen) atoms. The molecule has 0 radical (unpaired) electrons. The summed E-state index contributed by atoms with van der Waals surface area (Å²) >= 11 is 0. The molecule has 0 saturated carbocycles. The Labute approximate surface area is 157 Å². The minimum Gasteiger partial charge on any atom is -0.339 e. The van der Waals surface area contributed by atoms with Gasteiger partial charge in [-0.1, -0.05) is 30.3 Å². The molecular weight excluding hydrogens is 338 g/mol. The van der Waals surface area contributed by atoms with Crippen molar-refractivity contribution >= 4 is 17.4 Å². The Morgan fingerprint density at radius 2 is 1.89 bits per heavy atom. The number of amides is 1. The van der Waals surface area contributed by atoms with Gasteiger partial charge in [0.1, 0.15) is 0 Å². The largest absolute Gasteiger partial charge is 0.339 e. The third-order valence-electron chi connectivity index (χ3n) is 4.57. The van der Waals surface area contributed by atoms with Crippen LogP contribution in [0.15, 0.2) is 60.7 Å². The van der Waals surface area contributed by atoms with E-state index in [9.17, 15) is 4.79 Å². The first-order chi connectivity index (χ1) is 13.2. The van der Waals surface area contributed by atoms with Gasteiger partial charge in [0, 0.05) is 18.8 Å². The number of benzene rings is 2. The van der Waals surface area contributed by atoms with Gasteiger partial charge >= 0.3 is 0 Å². The Hall–Kier alpha value is -3.72. The Balaban J connectivity index is 1.46. The maximum Gasteiger partial charge on any atom is 0.274 e. The summed E-state index contributed by atoms with van der Waals surface area (Å²) < 4.78 is 0. The van der Waals surface area contributed by atoms with Crippen LogP contribution in [0.4, 0.5) is 11.5 Å². The van der Waals surface area contributed by atoms with Crippen LogP contribution >= 0.6 is 0 Å². The molecule has 2 heterocycles. The summed E-state index contributed by atoms with van der Waals surface area (Å²) in [4.78, 5) is 14.5. The smallest absolute Gasteiger partial charge is 0.274 e. The Kier molecular flexibility index (Phi) is 4.50. The van der Waals surface area contributed by atoms with Crippen LogP contribution in [0.5, 0.6) is 0 Å². The summed E-state index contributed by atoms with van der Waals surface area (Å²) in [6, 6.07) is 20.8. The quantitative estimate of drug-likeness (QED) is 0.779. The van der Waals surface area contributed by atoms with Crippen molar-refractivity contribution in [3.05, 3.63) is 83.0 Å². The van der Waals surface area contributed by atoms with Crippen molar-refractivity contribution in [2.24, 2.45) is 0 Å². The van der Waals surface area contributed by atoms with Crippen LogP contribution in [-0.4, -0.2) is 27.5 Å². The predicted molar refractivity (Wildman–Crippen MR) is 101 cm³/mol. The van der Waals surface area contributed by atoms with E-state index in [1.807, 2.05) is 18.2 Å². The minimum absolute atomic E-state index is 0.116. The number of nitriles is 1. The summed E-state index contributed by atoms with van der Waals surface area (Å²) in [7, 11) is 0. The van der Waals surface area contributed by atoms with E-state index < -0.39 is 0 Å². The third-order valence-corrected chi connectivity index (χ3v) is 4.57. The number of fused-ring (bicyclic) bond motifs is 1. The molecule has 0 saturated heterocycles. The van der Waals surface area contributed by atoms with E-state index >= 15 is 0 Å². The Morgan fingerprint density at radius 3 is 2.67 bits per heavy atom. The summed E-state index contributed by atoms with van der Waals surface area (Å²) in [6.45, 7) is 1.27. The van der Waals surface area contributed by atoms with Gasteiger partial charge in [0.15, 0.2) is 11.5 Å². The van der Waals surface area contributed by atoms with E-state index in [1.54, 1.807) is 35.2 Å². The fourth-order valence-electron chi connectivity index (χ4n) is 3.16. The molecule has 1 N–H and O–H groups in total. The highest BCUT2D eigenvalue weighted by Crippen LogP contribution is 2.20. The van der Waals surface area contributed by atoms with Gasteiger partial charge in [-0.15, -0.1) is 10.2 Å². The highest BCUT2D eigenvalue weighted by Gasteiger charge is 2.22. The molecule has 1 aromatic heterocycles. The minimum atomic E-state index is -0.116. The molecule has 1 aliphatic heterocycles. The number of anilines is 2. The van der Waals surface area contributed by atoms with Crippen LogP contribution < -0.4 is 5.32 Å². The topological polar surface area (TPSA) is 81.9 Å². The van der Waals surface area contributed by atoms with Gasteiger partial charge in [-0.25, -0.2) is 0 Å². The first kappa shape index (κ1) is 16.7. The van der Waals surface area contributed by atoms with Crippen molar-refractivity contribution in [2.75, 3.05) is 11.9 Å². The van der Waals surface area contributed by atoms with Crippen molar-refractivity contribution in [1.29, 1.82) is 5.26 Å². The fourth-order valence-corrected chi connectivity index (χ4v) is 3.16. The second kappa shape index (κ2) is 7.26. The zero-order valence-electron chi connectivity index (χ0n) is 14.6. The first-order valence-corrected chi connectivity index (χ1v) is 8.70. The van der Waals surface area contributed by atoms with E-state index in [2.05, 4.69) is 33.7 Å². The summed E-state index contributed by atoms with van der Waals surface area (Å²) in [6.07, 6.45) is 0.851. The molecule has 0 fully saturated rings.